The van der Waals surface area contributed by atoms with Gasteiger partial charge in [-0.05, 0) is 84.6 Å². The number of ether oxygens (including phenoxy) is 2. The Hall–Kier alpha value is -1.59. The average Bonchev–Trinajstić information content (AvgIpc) is 3.22. The summed E-state index contributed by atoms with van der Waals surface area (Å²) in [4.78, 5) is 39.2. The molecule has 0 saturated heterocycles. The second-order valence-corrected chi connectivity index (χ2v) is 25.1. The molecule has 0 aliphatic carbocycles. The van der Waals surface area contributed by atoms with E-state index in [1.165, 1.54) is 9.60 Å². The van der Waals surface area contributed by atoms with Crippen LogP contribution in [0.3, 0.4) is 0 Å². The van der Waals surface area contributed by atoms with Crippen LogP contribution in [0.2, 0.25) is 0 Å². The molecule has 0 aliphatic heterocycles. The first kappa shape index (κ1) is 87.1. The molecule has 438 valence electrons. The van der Waals surface area contributed by atoms with E-state index in [2.05, 4.69) is 166 Å². The topological polar surface area (TPSA) is 105 Å². The molecule has 0 heterocycles. The van der Waals surface area contributed by atoms with E-state index in [4.69, 9.17) is 31.7 Å². The molecule has 0 amide bonds. The molecule has 0 saturated carbocycles. The molecule has 0 fully saturated rings. The Morgan fingerprint density at radius 2 is 0.694 bits per heavy atom. The fraction of sp³-hybridized carbons (Fsp3) is 0.919. The van der Waals surface area contributed by atoms with Gasteiger partial charge in [-0.15, -0.1) is 0 Å². The molecule has 0 rings (SSSR count). The second kappa shape index (κ2) is 47.8. The van der Waals surface area contributed by atoms with Crippen LogP contribution in [-0.4, -0.2) is 89.2 Å². The number of carbonyl (C=O) groups is 3. The first-order chi connectivity index (χ1) is 32.2. The number of nitrogens with zero attached hydrogens (tertiary/aromatic N) is 2. The van der Waals surface area contributed by atoms with E-state index >= 15 is 0 Å². The zero-order valence-electron chi connectivity index (χ0n) is 55.6. The second-order valence-electron chi connectivity index (χ2n) is 24.6. The van der Waals surface area contributed by atoms with Gasteiger partial charge in [0.15, 0.2) is 12.8 Å². The Bertz CT molecular complexity index is 1220. The van der Waals surface area contributed by atoms with Crippen LogP contribution >= 0.6 is 12.2 Å². The van der Waals surface area contributed by atoms with E-state index in [0.29, 0.717) is 47.3 Å². The molecular formula is C62H133N2O7S+. The lowest BCUT2D eigenvalue weighted by Gasteiger charge is -2.38. The lowest BCUT2D eigenvalue weighted by atomic mass is 9.88. The molecule has 72 heavy (non-hydrogen) atoms. The van der Waals surface area contributed by atoms with Crippen LogP contribution in [0.4, 0.5) is 0 Å². The van der Waals surface area contributed by atoms with Crippen molar-refractivity contribution in [2.45, 2.75) is 253 Å². The molecule has 0 aromatic heterocycles. The van der Waals surface area contributed by atoms with Gasteiger partial charge >= 0.3 is 0 Å². The van der Waals surface area contributed by atoms with Gasteiger partial charge in [0, 0.05) is 74.7 Å². The summed E-state index contributed by atoms with van der Waals surface area (Å²) in [5.41, 5.74) is 1.08. The Balaban J connectivity index is -0.000000109. The van der Waals surface area contributed by atoms with Crippen molar-refractivity contribution in [1.29, 1.82) is 0 Å². The van der Waals surface area contributed by atoms with Crippen molar-refractivity contribution in [3.05, 3.63) is 0 Å². The van der Waals surface area contributed by atoms with Gasteiger partial charge in [0.05, 0.1) is 6.10 Å². The summed E-state index contributed by atoms with van der Waals surface area (Å²) < 4.78 is 12.0. The zero-order valence-corrected chi connectivity index (χ0v) is 56.4. The average molecular weight is 1050 g/mol. The van der Waals surface area contributed by atoms with Crippen LogP contribution in [0.5, 0.6) is 0 Å². The highest BCUT2D eigenvalue weighted by Gasteiger charge is 2.37. The molecule has 0 aromatic carbocycles. The van der Waals surface area contributed by atoms with Crippen LogP contribution in [0, 0.1) is 94.7 Å². The number of hydrogen-bond acceptors (Lipinski definition) is 9. The molecule has 0 atom stereocenters. The minimum Gasteiger partial charge on any atom is -0.353 e. The summed E-state index contributed by atoms with van der Waals surface area (Å²) in [7, 11) is 7.02. The molecular weight excluding hydrogens is 917 g/mol. The molecule has 0 aromatic rings. The smallest absolute Gasteiger partial charge is 0.208 e. The number of hydroxylamine groups is 3. The third kappa shape index (κ3) is 48.1. The van der Waals surface area contributed by atoms with E-state index < -0.39 is 5.79 Å². The highest BCUT2D eigenvalue weighted by Crippen LogP contribution is 2.30. The van der Waals surface area contributed by atoms with E-state index in [1.807, 2.05) is 53.7 Å². The Labute approximate surface area is 458 Å². The summed E-state index contributed by atoms with van der Waals surface area (Å²) >= 11 is 5.10. The van der Waals surface area contributed by atoms with Crippen molar-refractivity contribution in [3.8, 4) is 0 Å². The molecule has 10 heteroatoms. The lowest BCUT2D eigenvalue weighted by Crippen LogP contribution is -2.44. The van der Waals surface area contributed by atoms with Crippen LogP contribution in [0.1, 0.15) is 235 Å². The minimum absolute atomic E-state index is 0.157. The Kier molecular flexibility index (Phi) is 57.9. The third-order valence-electron chi connectivity index (χ3n) is 12.7. The largest absolute Gasteiger partial charge is 0.353 e. The minimum atomic E-state index is -0.417. The van der Waals surface area contributed by atoms with Gasteiger partial charge in [-0.25, -0.2) is 0 Å². The number of hydrogen-bond donors (Lipinski definition) is 1. The van der Waals surface area contributed by atoms with Gasteiger partial charge in [0.2, 0.25) is 17.3 Å². The molecule has 0 unspecified atom stereocenters. The molecule has 0 spiro atoms. The first-order valence-corrected chi connectivity index (χ1v) is 28.5. The predicted octanol–water partition coefficient (Wildman–Crippen LogP) is 17.6. The van der Waals surface area contributed by atoms with Crippen LogP contribution in [0.25, 0.3) is 0 Å². The van der Waals surface area contributed by atoms with E-state index in [1.54, 1.807) is 49.0 Å². The fourth-order valence-corrected chi connectivity index (χ4v) is 7.00. The molecule has 0 radical (unpaired) electrons. The highest BCUT2D eigenvalue weighted by molar-refractivity contribution is 7.80. The van der Waals surface area contributed by atoms with Gasteiger partial charge in [0.1, 0.15) is 5.78 Å². The summed E-state index contributed by atoms with van der Waals surface area (Å²) in [5.74, 6) is 7.37. The normalized spacial score (nSPS) is 11.5. The Morgan fingerprint density at radius 1 is 0.444 bits per heavy atom. The quantitative estimate of drug-likeness (QED) is 0.0243. The SMILES string of the molecule is CC(C)C(=O)C(=O)C(C)C.CC(C)C(=O)C(C)C.CC(C)C(=S)C(C)C.CC(C)C(C(C)C)=[N+](C)O.CC(C)C(C)C(C)C.CC(C)C(C)C(C)C.CC(C)ON(C)C(C)C.COC(OC)(C(C)C)C(C)C. The standard InChI is InChI=1S/C9H20O2.C8H18NO.C8H14O2.2C8H18.C7H17NO.C7H14O.C7H14S/c1-7(2)9(10-5,11-6)8(3)4;1-6(2)8(7(3)4)9(5)10;1-5(2)7(9)8(10)6(3)4;2*1-6(2)8(5)7(3)4;1-6(2)8(5)9-7(3)4;2*1-5(2)7(8)6(3)4/h7-8H,1-6H3;6-7,10H,1-5H3;5-6H,1-4H3;2*6-8H,1-5H3;6-7H,1-5H3;2*5-6H,1-4H3/q;+1;;;;;;. The van der Waals surface area contributed by atoms with E-state index in [9.17, 15) is 14.4 Å². The number of rotatable bonds is 20. The van der Waals surface area contributed by atoms with Gasteiger partial charge in [-0.2, -0.15) is 5.06 Å². The fourth-order valence-electron chi connectivity index (χ4n) is 7.00. The number of thiocarbonyl (C=S) groups is 1. The van der Waals surface area contributed by atoms with Gasteiger partial charge < -0.3 is 9.47 Å². The molecule has 0 bridgehead atoms. The summed E-state index contributed by atoms with van der Waals surface area (Å²) in [6.45, 7) is 71.2. The number of carbonyl (C=O) groups excluding carboxylic acids is 3. The van der Waals surface area contributed by atoms with Crippen LogP contribution < -0.4 is 0 Å². The first-order valence-electron chi connectivity index (χ1n) is 28.1. The van der Waals surface area contributed by atoms with Crippen LogP contribution in [0.15, 0.2) is 0 Å². The van der Waals surface area contributed by atoms with Crippen molar-refractivity contribution >= 4 is 40.1 Å². The van der Waals surface area contributed by atoms with Crippen molar-refractivity contribution in [2.24, 2.45) is 94.7 Å². The number of ketones is 3. The van der Waals surface area contributed by atoms with E-state index in [0.717, 1.165) is 41.2 Å². The van der Waals surface area contributed by atoms with Gasteiger partial charge in [-0.3, -0.25) is 24.4 Å². The van der Waals surface area contributed by atoms with Crippen molar-refractivity contribution in [1.82, 2.24) is 5.06 Å². The summed E-state index contributed by atoms with van der Waals surface area (Å²) in [5, 5.41) is 11.0. The van der Waals surface area contributed by atoms with Crippen molar-refractivity contribution in [2.75, 3.05) is 28.3 Å². The summed E-state index contributed by atoms with van der Waals surface area (Å²) in [6.07, 6.45) is 0.289. The number of methoxy groups -OCH3 is 2. The lowest BCUT2D eigenvalue weighted by molar-refractivity contribution is -0.757. The van der Waals surface area contributed by atoms with E-state index in [-0.39, 0.29) is 41.3 Å². The number of Topliss-reactive ketones (excluding diaryl/α,β-unsaturated/α-hetero) is 3. The monoisotopic (exact) mass is 1050 g/mol. The Morgan fingerprint density at radius 3 is 0.722 bits per heavy atom. The maximum Gasteiger partial charge on any atom is 0.208 e. The third-order valence-corrected chi connectivity index (χ3v) is 13.6. The zero-order chi connectivity index (χ0) is 60.1. The summed E-state index contributed by atoms with van der Waals surface area (Å²) in [6, 6.07) is 0.465. The highest BCUT2D eigenvalue weighted by atomic mass is 32.1. The van der Waals surface area contributed by atoms with Crippen molar-refractivity contribution < 1.29 is 38.6 Å². The molecule has 1 N–H and O–H groups in total. The maximum atomic E-state index is 10.9. The maximum absolute atomic E-state index is 10.9. The van der Waals surface area contributed by atoms with Crippen molar-refractivity contribution in [3.63, 3.8) is 0 Å². The molecule has 0 aliphatic rings. The van der Waals surface area contributed by atoms with Crippen LogP contribution in [-0.2, 0) is 28.7 Å². The van der Waals surface area contributed by atoms with Gasteiger partial charge in [0.25, 0.3) is 0 Å². The van der Waals surface area contributed by atoms with Gasteiger partial charge in [-0.1, -0.05) is 220 Å². The molecule has 9 nitrogen and oxygen atoms in total. The predicted molar refractivity (Wildman–Crippen MR) is 323 cm³/mol.